The molecule has 4 rings (SSSR count). The topological polar surface area (TPSA) is 123 Å². The van der Waals surface area contributed by atoms with Crippen molar-refractivity contribution in [3.05, 3.63) is 42.4 Å². The van der Waals surface area contributed by atoms with Gasteiger partial charge in [0, 0.05) is 31.8 Å². The summed E-state index contributed by atoms with van der Waals surface area (Å²) in [5, 5.41) is 13.2. The number of hydrogen-bond donors (Lipinski definition) is 3. The van der Waals surface area contributed by atoms with Crippen LogP contribution in [0.15, 0.2) is 36.8 Å². The van der Waals surface area contributed by atoms with E-state index in [1.807, 2.05) is 18.2 Å². The molecule has 0 saturated heterocycles. The number of urea groups is 1. The lowest BCUT2D eigenvalue weighted by Crippen LogP contribution is -2.30. The van der Waals surface area contributed by atoms with Crippen LogP contribution in [0.5, 0.6) is 5.75 Å². The number of carbonyl (C=O) groups excluding carboxylic acids is 2. The van der Waals surface area contributed by atoms with Crippen LogP contribution in [0.4, 0.5) is 22.0 Å². The fraction of sp³-hybridized carbons (Fsp3) is 0.318. The van der Waals surface area contributed by atoms with Crippen LogP contribution in [0.1, 0.15) is 36.5 Å². The number of hydrogen-bond acceptors (Lipinski definition) is 7. The number of pyridine rings is 1. The van der Waals surface area contributed by atoms with Gasteiger partial charge in [-0.15, -0.1) is 0 Å². The highest BCUT2D eigenvalue weighted by atomic mass is 16.5. The zero-order valence-corrected chi connectivity index (χ0v) is 18.2. The Morgan fingerprint density at radius 3 is 2.69 bits per heavy atom. The Kier molecular flexibility index (Phi) is 6.02. The molecule has 3 N–H and O–H groups in total. The number of anilines is 3. The molecule has 0 unspecified atom stereocenters. The summed E-state index contributed by atoms with van der Waals surface area (Å²) in [6, 6.07) is 7.09. The first-order chi connectivity index (χ1) is 15.5. The van der Waals surface area contributed by atoms with Crippen molar-refractivity contribution in [2.45, 2.75) is 32.2 Å². The van der Waals surface area contributed by atoms with Gasteiger partial charge in [0.1, 0.15) is 12.1 Å². The third-order valence-electron chi connectivity index (χ3n) is 5.01. The van der Waals surface area contributed by atoms with E-state index in [1.54, 1.807) is 38.2 Å². The Morgan fingerprint density at radius 2 is 2.03 bits per heavy atom. The zero-order chi connectivity index (χ0) is 22.7. The zero-order valence-electron chi connectivity index (χ0n) is 18.2. The average molecular weight is 435 g/mol. The second-order valence-corrected chi connectivity index (χ2v) is 7.52. The Morgan fingerprint density at radius 1 is 1.22 bits per heavy atom. The van der Waals surface area contributed by atoms with Crippen molar-refractivity contribution in [3.8, 4) is 17.1 Å². The van der Waals surface area contributed by atoms with Crippen molar-refractivity contribution < 1.29 is 14.3 Å². The minimum Gasteiger partial charge on any atom is -0.494 e. The summed E-state index contributed by atoms with van der Waals surface area (Å²) in [6.45, 7) is 1.79. The highest BCUT2D eigenvalue weighted by molar-refractivity contribution is 6.02. The van der Waals surface area contributed by atoms with Gasteiger partial charge in [-0.1, -0.05) is 13.0 Å². The Hall–Kier alpha value is -3.95. The van der Waals surface area contributed by atoms with Gasteiger partial charge < -0.3 is 15.4 Å². The molecule has 1 saturated carbocycles. The normalized spacial score (nSPS) is 12.8. The van der Waals surface area contributed by atoms with Crippen molar-refractivity contribution in [2.75, 3.05) is 17.7 Å². The first kappa shape index (κ1) is 21.3. The van der Waals surface area contributed by atoms with E-state index < -0.39 is 0 Å². The summed E-state index contributed by atoms with van der Waals surface area (Å²) >= 11 is 0. The molecular formula is C22H25N7O3. The maximum absolute atomic E-state index is 12.5. The smallest absolute Gasteiger partial charge is 0.320 e. The van der Waals surface area contributed by atoms with E-state index in [4.69, 9.17) is 4.74 Å². The number of rotatable bonds is 8. The fourth-order valence-electron chi connectivity index (χ4n) is 3.24. The number of ketones is 1. The van der Waals surface area contributed by atoms with Gasteiger partial charge in [0.15, 0.2) is 17.4 Å². The van der Waals surface area contributed by atoms with Crippen LogP contribution in [0.2, 0.25) is 0 Å². The minimum absolute atomic E-state index is 0.0736. The van der Waals surface area contributed by atoms with Crippen molar-refractivity contribution >= 4 is 29.0 Å². The number of para-hydroxylation sites is 1. The van der Waals surface area contributed by atoms with Crippen molar-refractivity contribution in [1.29, 1.82) is 0 Å². The van der Waals surface area contributed by atoms with Gasteiger partial charge in [0.2, 0.25) is 0 Å². The fourth-order valence-corrected chi connectivity index (χ4v) is 3.24. The van der Waals surface area contributed by atoms with Crippen LogP contribution < -0.4 is 20.7 Å². The van der Waals surface area contributed by atoms with Gasteiger partial charge in [-0.3, -0.25) is 14.8 Å². The summed E-state index contributed by atoms with van der Waals surface area (Å²) in [4.78, 5) is 33.2. The molecule has 1 aliphatic carbocycles. The molecule has 10 nitrogen and oxygen atoms in total. The third kappa shape index (κ3) is 4.69. The lowest BCUT2D eigenvalue weighted by molar-refractivity contribution is 0.0988. The summed E-state index contributed by atoms with van der Waals surface area (Å²) in [6.07, 6.45) is 5.37. The highest BCUT2D eigenvalue weighted by Crippen LogP contribution is 2.37. The molecule has 10 heteroatoms. The van der Waals surface area contributed by atoms with E-state index >= 15 is 0 Å². The molecule has 166 valence electrons. The SMILES string of the molecule is CCC(=O)c1cnc(NC(=O)NC2CC2)cc1Nc1cccc(-c2ncn(C)n2)c1OC. The Bertz CT molecular complexity index is 1150. The molecule has 2 heterocycles. The Labute approximate surface area is 185 Å². The molecule has 1 aliphatic rings. The van der Waals surface area contributed by atoms with Gasteiger partial charge in [-0.05, 0) is 25.0 Å². The molecule has 0 atom stereocenters. The van der Waals surface area contributed by atoms with E-state index in [0.29, 0.717) is 46.3 Å². The molecule has 32 heavy (non-hydrogen) atoms. The summed E-state index contributed by atoms with van der Waals surface area (Å²) in [7, 11) is 3.35. The van der Waals surface area contributed by atoms with Crippen molar-refractivity contribution in [3.63, 3.8) is 0 Å². The predicted molar refractivity (Wildman–Crippen MR) is 120 cm³/mol. The number of nitrogens with zero attached hydrogens (tertiary/aromatic N) is 4. The number of amides is 2. The molecule has 0 spiro atoms. The molecule has 2 aromatic heterocycles. The van der Waals surface area contributed by atoms with Gasteiger partial charge in [-0.25, -0.2) is 14.8 Å². The molecular weight excluding hydrogens is 410 g/mol. The lowest BCUT2D eigenvalue weighted by atomic mass is 10.1. The van der Waals surface area contributed by atoms with E-state index in [1.165, 1.54) is 6.20 Å². The molecule has 0 radical (unpaired) electrons. The monoisotopic (exact) mass is 435 g/mol. The van der Waals surface area contributed by atoms with E-state index in [-0.39, 0.29) is 17.9 Å². The van der Waals surface area contributed by atoms with Gasteiger partial charge in [-0.2, -0.15) is 5.10 Å². The maximum atomic E-state index is 12.5. The largest absolute Gasteiger partial charge is 0.494 e. The number of aromatic nitrogens is 4. The first-order valence-corrected chi connectivity index (χ1v) is 10.4. The number of carbonyl (C=O) groups is 2. The second kappa shape index (κ2) is 9.04. The number of ether oxygens (including phenoxy) is 1. The van der Waals surface area contributed by atoms with E-state index in [9.17, 15) is 9.59 Å². The number of Topliss-reactive ketones (excluding diaryl/α,β-unsaturated/α-hetero) is 1. The van der Waals surface area contributed by atoms with Gasteiger partial charge in [0.25, 0.3) is 0 Å². The first-order valence-electron chi connectivity index (χ1n) is 10.4. The second-order valence-electron chi connectivity index (χ2n) is 7.52. The molecule has 0 aliphatic heterocycles. The molecule has 2 amide bonds. The van der Waals surface area contributed by atoms with Crippen LogP contribution in [0, 0.1) is 0 Å². The summed E-state index contributed by atoms with van der Waals surface area (Å²) in [5.74, 6) is 1.31. The van der Waals surface area contributed by atoms with Crippen LogP contribution in [-0.2, 0) is 7.05 Å². The Balaban J connectivity index is 1.68. The number of methoxy groups -OCH3 is 1. The summed E-state index contributed by atoms with van der Waals surface area (Å²) < 4.78 is 7.26. The van der Waals surface area contributed by atoms with E-state index in [2.05, 4.69) is 31.0 Å². The standard InChI is InChI=1S/C22H25N7O3/c1-4-18(30)15-11-23-19(27-22(31)25-13-8-9-13)10-17(15)26-16-7-5-6-14(20(16)32-3)21-24-12-29(2)28-21/h5-7,10-13H,4,8-9H2,1-3H3,(H3,23,25,26,27,31). The average Bonchev–Trinajstić information content (AvgIpc) is 3.49. The van der Waals surface area contributed by atoms with Crippen molar-refractivity contribution in [2.24, 2.45) is 7.05 Å². The molecule has 3 aromatic rings. The molecule has 1 fully saturated rings. The van der Waals surface area contributed by atoms with Gasteiger partial charge in [0.05, 0.1) is 29.6 Å². The van der Waals surface area contributed by atoms with Crippen LogP contribution >= 0.6 is 0 Å². The number of benzene rings is 1. The van der Waals surface area contributed by atoms with E-state index in [0.717, 1.165) is 12.8 Å². The molecule has 1 aromatic carbocycles. The predicted octanol–water partition coefficient (Wildman–Crippen LogP) is 3.51. The third-order valence-corrected chi connectivity index (χ3v) is 5.01. The van der Waals surface area contributed by atoms with Crippen molar-refractivity contribution in [1.82, 2.24) is 25.1 Å². The van der Waals surface area contributed by atoms with Crippen LogP contribution in [0.3, 0.4) is 0 Å². The highest BCUT2D eigenvalue weighted by Gasteiger charge is 2.24. The van der Waals surface area contributed by atoms with Gasteiger partial charge >= 0.3 is 6.03 Å². The van der Waals surface area contributed by atoms with Crippen LogP contribution in [-0.4, -0.2) is 44.7 Å². The summed E-state index contributed by atoms with van der Waals surface area (Å²) in [5.41, 5.74) is 2.27. The van der Waals surface area contributed by atoms with Crippen LogP contribution in [0.25, 0.3) is 11.4 Å². The number of nitrogens with one attached hydrogen (secondary N) is 3. The molecule has 0 bridgehead atoms. The maximum Gasteiger partial charge on any atom is 0.320 e. The minimum atomic E-state index is -0.318. The lowest BCUT2D eigenvalue weighted by Gasteiger charge is -2.17. The number of aryl methyl sites for hydroxylation is 1. The quantitative estimate of drug-likeness (QED) is 0.463.